The molecule has 1 rings (SSSR count). The summed E-state index contributed by atoms with van der Waals surface area (Å²) in [5.74, 6) is 0. The predicted octanol–water partition coefficient (Wildman–Crippen LogP) is 1.59. The third-order valence-electron chi connectivity index (χ3n) is 1.98. The minimum atomic E-state index is -5.05. The summed E-state index contributed by atoms with van der Waals surface area (Å²) >= 11 is 0. The molecule has 12 heteroatoms. The van der Waals surface area contributed by atoms with Crippen LogP contribution in [0.2, 0.25) is 0 Å². The van der Waals surface area contributed by atoms with Gasteiger partial charge in [-0.05, 0) is 0 Å². The summed E-state index contributed by atoms with van der Waals surface area (Å²) in [6.07, 6.45) is 4.25. The molecule has 0 bridgehead atoms. The zero-order valence-corrected chi connectivity index (χ0v) is 13.3. The molecule has 0 radical (unpaired) electrons. The Morgan fingerprint density at radius 3 is 1.28 bits per heavy atom. The summed E-state index contributed by atoms with van der Waals surface area (Å²) in [4.78, 5) is 31.0. The molecule has 6 N–H and O–H groups in total. The fraction of sp³-hybridized carbons (Fsp3) is 1.00. The van der Waals surface area contributed by atoms with Crippen LogP contribution < -0.4 is 0 Å². The second-order valence-corrected chi connectivity index (χ2v) is 6.18. The second kappa shape index (κ2) is 8.92. The minimum Gasteiger partial charge on any atom is -0.676 e. The Morgan fingerprint density at radius 2 is 1.17 bits per heavy atom. The van der Waals surface area contributed by atoms with E-state index in [1.165, 1.54) is 12.8 Å². The van der Waals surface area contributed by atoms with Crippen molar-refractivity contribution in [2.75, 3.05) is 0 Å². The van der Waals surface area contributed by atoms with Crippen molar-refractivity contribution in [3.05, 3.63) is 11.5 Å². The fourth-order valence-corrected chi connectivity index (χ4v) is 2.38. The van der Waals surface area contributed by atoms with Gasteiger partial charge in [-0.2, -0.15) is 16.4 Å². The van der Waals surface area contributed by atoms with Gasteiger partial charge in [0.25, 0.3) is 0 Å². The van der Waals surface area contributed by atoms with Crippen LogP contribution in [0.4, 0.5) is 0 Å². The van der Waals surface area contributed by atoms with Crippen LogP contribution >= 0.6 is 15.6 Å². The van der Waals surface area contributed by atoms with Crippen molar-refractivity contribution in [1.29, 1.82) is 0 Å². The van der Waals surface area contributed by atoms with Gasteiger partial charge in [0.05, 0.1) is 0 Å². The van der Waals surface area contributed by atoms with Crippen molar-refractivity contribution >= 4 is 15.6 Å². The summed E-state index contributed by atoms with van der Waals surface area (Å²) in [6, 6.07) is -0.160. The van der Waals surface area contributed by atoms with E-state index in [0.717, 1.165) is 12.8 Å². The fourth-order valence-electron chi connectivity index (χ4n) is 1.27. The molecule has 1 fully saturated rings. The topological polar surface area (TPSA) is 172 Å². The van der Waals surface area contributed by atoms with E-state index in [1.807, 2.05) is 0 Å². The molecule has 2 atom stereocenters. The number of hydrogen-bond donors (Lipinski definition) is 4. The molecule has 0 unspecified atom stereocenters. The molecule has 0 aliphatic heterocycles. The molecule has 1 aliphatic rings. The Balaban J connectivity index is 0. The van der Waals surface area contributed by atoms with Crippen LogP contribution in [0.5, 0.6) is 0 Å². The molecule has 0 heterocycles. The molecular weight excluding hydrogens is 469 g/mol. The summed E-state index contributed by atoms with van der Waals surface area (Å²) in [5, 5.41) is 0. The largest absolute Gasteiger partial charge is 2.00 e. The molecule has 112 valence electrons. The summed E-state index contributed by atoms with van der Waals surface area (Å²) < 4.78 is 22.2. The van der Waals surface area contributed by atoms with Gasteiger partial charge in [-0.1, -0.05) is 25.7 Å². The standard InChI is InChI=1S/C6H12N2.H4O7P2.Pt/c7-5-3-1-2-4-6(5)8;1-8(2,3)7-9(4,5)6;/h5-8H,1-4H2;(H2,1,2,3)(H2,4,5,6);/q-2;;+2/t5-,6-;;/m1../s1. The van der Waals surface area contributed by atoms with Crippen molar-refractivity contribution < 1.29 is 54.1 Å². The maximum atomic E-state index is 9.63. The van der Waals surface area contributed by atoms with Gasteiger partial charge in [0, 0.05) is 0 Å². The van der Waals surface area contributed by atoms with Gasteiger partial charge in [-0.15, -0.1) is 0 Å². The SMILES string of the molecule is O=P(O)(O)OP(=O)(O)O.[NH-][C@@H]1CCCC[C@H]1[NH-].[Pt+2]. The minimum absolute atomic E-state index is 0. The van der Waals surface area contributed by atoms with Gasteiger partial charge in [0.15, 0.2) is 0 Å². The van der Waals surface area contributed by atoms with E-state index >= 15 is 0 Å². The quantitative estimate of drug-likeness (QED) is 0.430. The Hall–Kier alpha value is 0.868. The molecule has 0 spiro atoms. The third kappa shape index (κ3) is 13.3. The van der Waals surface area contributed by atoms with E-state index in [-0.39, 0.29) is 33.1 Å². The smallest absolute Gasteiger partial charge is 0.676 e. The predicted molar refractivity (Wildman–Crippen MR) is 59.9 cm³/mol. The van der Waals surface area contributed by atoms with Crippen LogP contribution in [-0.2, 0) is 34.5 Å². The van der Waals surface area contributed by atoms with E-state index in [0.29, 0.717) is 0 Å². The first kappa shape index (κ1) is 21.2. The van der Waals surface area contributed by atoms with E-state index < -0.39 is 15.6 Å². The van der Waals surface area contributed by atoms with Gasteiger partial charge in [0.2, 0.25) is 0 Å². The molecule has 0 amide bonds. The molecule has 1 aliphatic carbocycles. The van der Waals surface area contributed by atoms with Crippen molar-refractivity contribution in [3.63, 3.8) is 0 Å². The number of nitrogens with one attached hydrogen (secondary N) is 2. The molecule has 0 aromatic carbocycles. The maximum absolute atomic E-state index is 9.63. The zero-order chi connectivity index (χ0) is 13.7. The van der Waals surface area contributed by atoms with Crippen LogP contribution in [0.1, 0.15) is 25.7 Å². The van der Waals surface area contributed by atoms with Gasteiger partial charge >= 0.3 is 36.7 Å². The molecular formula is C6H16N2O7P2Pt. The molecule has 0 aromatic heterocycles. The molecule has 9 nitrogen and oxygen atoms in total. The van der Waals surface area contributed by atoms with Crippen molar-refractivity contribution in [2.45, 2.75) is 37.8 Å². The van der Waals surface area contributed by atoms with E-state index in [9.17, 15) is 9.13 Å². The maximum Gasteiger partial charge on any atom is 2.00 e. The van der Waals surface area contributed by atoms with E-state index in [1.54, 1.807) is 0 Å². The van der Waals surface area contributed by atoms with Crippen LogP contribution in [0.15, 0.2) is 0 Å². The second-order valence-electron chi connectivity index (χ2n) is 3.56. The Morgan fingerprint density at radius 1 is 0.889 bits per heavy atom. The normalized spacial score (nSPS) is 24.6. The molecule has 1 saturated carbocycles. The average Bonchev–Trinajstić information content (AvgIpc) is 2.04. The first-order chi connectivity index (χ1) is 7.51. The zero-order valence-electron chi connectivity index (χ0n) is 9.21. The van der Waals surface area contributed by atoms with Crippen molar-refractivity contribution in [2.24, 2.45) is 0 Å². The molecule has 0 aromatic rings. The molecule has 18 heavy (non-hydrogen) atoms. The van der Waals surface area contributed by atoms with Crippen LogP contribution in [0, 0.1) is 0 Å². The summed E-state index contributed by atoms with van der Waals surface area (Å²) in [7, 11) is -10.1. The third-order valence-corrected chi connectivity index (χ3v) is 3.68. The summed E-state index contributed by atoms with van der Waals surface area (Å²) in [6.45, 7) is 0. The Kier molecular flexibility index (Phi) is 10.5. The number of hydrogen-bond acceptors (Lipinski definition) is 3. The van der Waals surface area contributed by atoms with Crippen LogP contribution in [0.25, 0.3) is 11.5 Å². The molecule has 0 saturated heterocycles. The van der Waals surface area contributed by atoms with Crippen molar-refractivity contribution in [3.8, 4) is 0 Å². The monoisotopic (exact) mass is 485 g/mol. The van der Waals surface area contributed by atoms with Gasteiger partial charge < -0.3 is 31.0 Å². The van der Waals surface area contributed by atoms with Gasteiger partial charge in [0.1, 0.15) is 0 Å². The Labute approximate surface area is 119 Å². The van der Waals surface area contributed by atoms with Crippen LogP contribution in [0.3, 0.4) is 0 Å². The van der Waals surface area contributed by atoms with Crippen molar-refractivity contribution in [1.82, 2.24) is 0 Å². The first-order valence-corrected chi connectivity index (χ1v) is 7.82. The van der Waals surface area contributed by atoms with E-state index in [2.05, 4.69) is 4.31 Å². The Bertz CT molecular complexity index is 289. The van der Waals surface area contributed by atoms with E-state index in [4.69, 9.17) is 31.0 Å². The first-order valence-electron chi connectivity index (χ1n) is 4.76. The van der Waals surface area contributed by atoms with Crippen LogP contribution in [-0.4, -0.2) is 31.7 Å². The average molecular weight is 485 g/mol. The van der Waals surface area contributed by atoms with Gasteiger partial charge in [-0.25, -0.2) is 9.13 Å². The summed E-state index contributed by atoms with van der Waals surface area (Å²) in [5.41, 5.74) is 14.6. The van der Waals surface area contributed by atoms with Gasteiger partial charge in [-0.3, -0.25) is 0 Å². The number of phosphoric acid groups is 2. The number of rotatable bonds is 2.